The van der Waals surface area contributed by atoms with Crippen molar-refractivity contribution in [3.05, 3.63) is 0 Å². The van der Waals surface area contributed by atoms with Crippen LogP contribution in [0.15, 0.2) is 0 Å². The van der Waals surface area contributed by atoms with E-state index in [2.05, 4.69) is 19.2 Å². The van der Waals surface area contributed by atoms with E-state index in [0.717, 1.165) is 12.8 Å². The third kappa shape index (κ3) is 4.17. The normalized spacial score (nSPS) is 23.1. The van der Waals surface area contributed by atoms with Crippen molar-refractivity contribution in [3.8, 4) is 0 Å². The molecule has 0 radical (unpaired) electrons. The van der Waals surface area contributed by atoms with Crippen LogP contribution in [0.4, 0.5) is 0 Å². The van der Waals surface area contributed by atoms with Crippen molar-refractivity contribution in [1.82, 2.24) is 13.9 Å². The molecule has 1 aliphatic rings. The summed E-state index contributed by atoms with van der Waals surface area (Å²) in [6.07, 6.45) is 1.47. The van der Waals surface area contributed by atoms with Crippen LogP contribution < -0.4 is 5.32 Å². The van der Waals surface area contributed by atoms with E-state index in [4.69, 9.17) is 0 Å². The van der Waals surface area contributed by atoms with Gasteiger partial charge in [-0.05, 0) is 25.7 Å². The molecule has 0 bridgehead atoms. The number of nitrogens with one attached hydrogen (secondary N) is 1. The minimum absolute atomic E-state index is 0.0372. The van der Waals surface area contributed by atoms with Gasteiger partial charge in [0.05, 0.1) is 5.92 Å². The molecule has 0 saturated carbocycles. The molecule has 1 N–H and O–H groups in total. The summed E-state index contributed by atoms with van der Waals surface area (Å²) < 4.78 is 26.8. The van der Waals surface area contributed by atoms with E-state index in [9.17, 15) is 13.2 Å². The first-order valence-corrected chi connectivity index (χ1v) is 8.54. The standard InChI is InChI=1S/C13H27N3O3S/c1-10(2)11(3)14-13(17)12-7-6-8-16(9-12)20(18,19)15(4)5/h10-12H,6-9H2,1-5H3,(H,14,17)/t11-,12-/m0/s1. The number of carbonyl (C=O) groups is 1. The van der Waals surface area contributed by atoms with Crippen molar-refractivity contribution in [2.75, 3.05) is 27.2 Å². The molecule has 1 amide bonds. The second-order valence-corrected chi connectivity index (χ2v) is 8.17. The Kier molecular flexibility index (Phi) is 5.97. The van der Waals surface area contributed by atoms with Crippen LogP contribution in [0.25, 0.3) is 0 Å². The predicted octanol–water partition coefficient (Wildman–Crippen LogP) is 0.666. The monoisotopic (exact) mass is 305 g/mol. The van der Waals surface area contributed by atoms with E-state index >= 15 is 0 Å². The van der Waals surface area contributed by atoms with Crippen LogP contribution in [-0.2, 0) is 15.0 Å². The molecule has 0 aromatic heterocycles. The molecule has 1 rings (SSSR count). The Hall–Kier alpha value is -0.660. The molecular formula is C13H27N3O3S. The van der Waals surface area contributed by atoms with Gasteiger partial charge in [-0.15, -0.1) is 0 Å². The molecule has 0 aromatic carbocycles. The van der Waals surface area contributed by atoms with Crippen LogP contribution >= 0.6 is 0 Å². The van der Waals surface area contributed by atoms with Crippen molar-refractivity contribution in [1.29, 1.82) is 0 Å². The molecule has 0 unspecified atom stereocenters. The van der Waals surface area contributed by atoms with Gasteiger partial charge in [-0.3, -0.25) is 4.79 Å². The van der Waals surface area contributed by atoms with Gasteiger partial charge in [0.25, 0.3) is 10.2 Å². The Morgan fingerprint density at radius 2 is 1.90 bits per heavy atom. The number of nitrogens with zero attached hydrogens (tertiary/aromatic N) is 2. The van der Waals surface area contributed by atoms with Gasteiger partial charge in [0.2, 0.25) is 5.91 Å². The minimum atomic E-state index is -3.42. The van der Waals surface area contributed by atoms with E-state index in [-0.39, 0.29) is 24.4 Å². The summed E-state index contributed by atoms with van der Waals surface area (Å²) in [5.74, 6) is 0.0775. The highest BCUT2D eigenvalue weighted by atomic mass is 32.2. The van der Waals surface area contributed by atoms with E-state index < -0.39 is 10.2 Å². The highest BCUT2D eigenvalue weighted by Crippen LogP contribution is 2.20. The fourth-order valence-electron chi connectivity index (χ4n) is 2.11. The maximum Gasteiger partial charge on any atom is 0.281 e. The molecule has 118 valence electrons. The Morgan fingerprint density at radius 1 is 1.30 bits per heavy atom. The van der Waals surface area contributed by atoms with Crippen LogP contribution in [0.5, 0.6) is 0 Å². The fraction of sp³-hybridized carbons (Fsp3) is 0.923. The second kappa shape index (κ2) is 6.87. The molecule has 1 aliphatic heterocycles. The van der Waals surface area contributed by atoms with Crippen molar-refractivity contribution in [3.63, 3.8) is 0 Å². The lowest BCUT2D eigenvalue weighted by Crippen LogP contribution is -2.50. The number of amides is 1. The third-order valence-corrected chi connectivity index (χ3v) is 5.82. The fourth-order valence-corrected chi connectivity index (χ4v) is 3.30. The van der Waals surface area contributed by atoms with Gasteiger partial charge in [-0.1, -0.05) is 13.8 Å². The number of rotatable bonds is 5. The summed E-state index contributed by atoms with van der Waals surface area (Å²) in [6.45, 7) is 6.84. The zero-order chi connectivity index (χ0) is 15.5. The van der Waals surface area contributed by atoms with Crippen molar-refractivity contribution in [2.24, 2.45) is 11.8 Å². The molecular weight excluding hydrogens is 278 g/mol. The molecule has 1 heterocycles. The van der Waals surface area contributed by atoms with Crippen LogP contribution in [0.3, 0.4) is 0 Å². The zero-order valence-electron chi connectivity index (χ0n) is 13.1. The average Bonchev–Trinajstić information content (AvgIpc) is 2.38. The summed E-state index contributed by atoms with van der Waals surface area (Å²) in [4.78, 5) is 12.2. The largest absolute Gasteiger partial charge is 0.353 e. The van der Waals surface area contributed by atoms with Gasteiger partial charge in [0.1, 0.15) is 0 Å². The molecule has 2 atom stereocenters. The van der Waals surface area contributed by atoms with Crippen molar-refractivity contribution in [2.45, 2.75) is 39.7 Å². The maximum absolute atomic E-state index is 12.2. The summed E-state index contributed by atoms with van der Waals surface area (Å²) in [7, 11) is -0.397. The Balaban J connectivity index is 2.68. The van der Waals surface area contributed by atoms with Gasteiger partial charge >= 0.3 is 0 Å². The van der Waals surface area contributed by atoms with Crippen LogP contribution in [0, 0.1) is 11.8 Å². The zero-order valence-corrected chi connectivity index (χ0v) is 13.9. The van der Waals surface area contributed by atoms with Gasteiger partial charge in [-0.2, -0.15) is 17.0 Å². The maximum atomic E-state index is 12.2. The first kappa shape index (κ1) is 17.4. The van der Waals surface area contributed by atoms with Crippen LogP contribution in [-0.4, -0.2) is 56.2 Å². The van der Waals surface area contributed by atoms with E-state index in [1.807, 2.05) is 6.92 Å². The smallest absolute Gasteiger partial charge is 0.281 e. The Morgan fingerprint density at radius 3 is 2.40 bits per heavy atom. The summed E-state index contributed by atoms with van der Waals surface area (Å²) in [6, 6.07) is 0.100. The summed E-state index contributed by atoms with van der Waals surface area (Å²) in [5, 5.41) is 2.98. The van der Waals surface area contributed by atoms with E-state index in [1.165, 1.54) is 22.7 Å². The van der Waals surface area contributed by atoms with Gasteiger partial charge in [0.15, 0.2) is 0 Å². The van der Waals surface area contributed by atoms with Crippen LogP contribution in [0.2, 0.25) is 0 Å². The predicted molar refractivity (Wildman–Crippen MR) is 79.3 cm³/mol. The molecule has 0 aliphatic carbocycles. The molecule has 1 fully saturated rings. The molecule has 6 nitrogen and oxygen atoms in total. The molecule has 0 aromatic rings. The third-order valence-electron chi connectivity index (χ3n) is 3.91. The minimum Gasteiger partial charge on any atom is -0.353 e. The molecule has 7 heteroatoms. The summed E-state index contributed by atoms with van der Waals surface area (Å²) in [5.41, 5.74) is 0. The first-order chi connectivity index (χ1) is 9.16. The lowest BCUT2D eigenvalue weighted by Gasteiger charge is -2.33. The number of hydrogen-bond acceptors (Lipinski definition) is 3. The number of carbonyl (C=O) groups excluding carboxylic acids is 1. The SMILES string of the molecule is CC(C)[C@H](C)NC(=O)[C@H]1CCCN(S(=O)(=O)N(C)C)C1. The highest BCUT2D eigenvalue weighted by molar-refractivity contribution is 7.86. The summed E-state index contributed by atoms with van der Waals surface area (Å²) >= 11 is 0. The van der Waals surface area contributed by atoms with Crippen molar-refractivity contribution >= 4 is 16.1 Å². The first-order valence-electron chi connectivity index (χ1n) is 7.14. The van der Waals surface area contributed by atoms with E-state index in [1.54, 1.807) is 0 Å². The average molecular weight is 305 g/mol. The topological polar surface area (TPSA) is 69.7 Å². The Bertz CT molecular complexity index is 434. The van der Waals surface area contributed by atoms with Crippen molar-refractivity contribution < 1.29 is 13.2 Å². The molecule has 20 heavy (non-hydrogen) atoms. The quantitative estimate of drug-likeness (QED) is 0.811. The lowest BCUT2D eigenvalue weighted by molar-refractivity contribution is -0.127. The van der Waals surface area contributed by atoms with E-state index in [0.29, 0.717) is 12.5 Å². The lowest BCUT2D eigenvalue weighted by atomic mass is 9.97. The molecule has 1 saturated heterocycles. The van der Waals surface area contributed by atoms with Gasteiger partial charge < -0.3 is 5.32 Å². The van der Waals surface area contributed by atoms with Gasteiger partial charge in [0, 0.05) is 33.2 Å². The van der Waals surface area contributed by atoms with Gasteiger partial charge in [-0.25, -0.2) is 0 Å². The highest BCUT2D eigenvalue weighted by Gasteiger charge is 2.33. The van der Waals surface area contributed by atoms with Crippen LogP contribution in [0.1, 0.15) is 33.6 Å². The molecule has 0 spiro atoms. The second-order valence-electron chi connectivity index (χ2n) is 6.03. The number of piperidine rings is 1. The number of hydrogen-bond donors (Lipinski definition) is 1. The Labute approximate surface area is 122 Å².